The molecule has 0 spiro atoms. The second-order valence-electron chi connectivity index (χ2n) is 5.04. The van der Waals surface area contributed by atoms with Crippen LogP contribution in [-0.4, -0.2) is 31.1 Å². The number of nitrogens with zero attached hydrogens (tertiary/aromatic N) is 2. The molecule has 2 aromatic heterocycles. The molecule has 0 fully saturated rings. The molecule has 2 heterocycles. The number of thiophene rings is 1. The lowest BCUT2D eigenvalue weighted by molar-refractivity contribution is 0.291. The van der Waals surface area contributed by atoms with Crippen LogP contribution >= 0.6 is 11.3 Å². The van der Waals surface area contributed by atoms with Gasteiger partial charge in [-0.05, 0) is 35.7 Å². The zero-order valence-corrected chi connectivity index (χ0v) is 14.2. The normalized spacial score (nSPS) is 11.5. The van der Waals surface area contributed by atoms with Crippen LogP contribution in [0.2, 0.25) is 0 Å². The summed E-state index contributed by atoms with van der Waals surface area (Å²) in [5.74, 6) is 0.540. The number of sulfone groups is 1. The van der Waals surface area contributed by atoms with Gasteiger partial charge in [0.2, 0.25) is 0 Å². The van der Waals surface area contributed by atoms with Crippen LogP contribution in [-0.2, 0) is 16.4 Å². The maximum Gasteiger partial charge on any atom is 0.175 e. The molecule has 0 amide bonds. The molecular formula is C16H16N2O3S2. The fraction of sp³-hybridized carbons (Fsp3) is 0.188. The predicted octanol–water partition coefficient (Wildman–Crippen LogP) is 3.09. The lowest BCUT2D eigenvalue weighted by Crippen LogP contribution is -2.09. The summed E-state index contributed by atoms with van der Waals surface area (Å²) in [6, 6.07) is 12.5. The van der Waals surface area contributed by atoms with E-state index in [1.807, 2.05) is 34.5 Å². The molecule has 3 rings (SSSR count). The number of benzene rings is 1. The Labute approximate surface area is 139 Å². The van der Waals surface area contributed by atoms with E-state index < -0.39 is 9.84 Å². The Bertz CT molecular complexity index is 884. The van der Waals surface area contributed by atoms with Crippen molar-refractivity contribution in [2.45, 2.75) is 11.4 Å². The van der Waals surface area contributed by atoms with E-state index in [4.69, 9.17) is 4.74 Å². The maximum atomic E-state index is 11.5. The molecule has 0 aliphatic carbocycles. The van der Waals surface area contributed by atoms with Gasteiger partial charge in [-0.3, -0.25) is 4.68 Å². The lowest BCUT2D eigenvalue weighted by Gasteiger charge is -2.07. The molecule has 0 atom stereocenters. The van der Waals surface area contributed by atoms with Gasteiger partial charge in [0.25, 0.3) is 0 Å². The summed E-state index contributed by atoms with van der Waals surface area (Å²) < 4.78 is 30.5. The van der Waals surface area contributed by atoms with Crippen molar-refractivity contribution < 1.29 is 13.2 Å². The highest BCUT2D eigenvalue weighted by atomic mass is 32.2. The quantitative estimate of drug-likeness (QED) is 0.687. The Morgan fingerprint density at radius 2 is 2.09 bits per heavy atom. The van der Waals surface area contributed by atoms with Crippen molar-refractivity contribution in [3.8, 4) is 16.3 Å². The molecule has 23 heavy (non-hydrogen) atoms. The molecule has 0 N–H and O–H groups in total. The molecule has 0 aliphatic rings. The molecule has 5 nitrogen and oxygen atoms in total. The molecule has 0 saturated carbocycles. The highest BCUT2D eigenvalue weighted by molar-refractivity contribution is 7.90. The van der Waals surface area contributed by atoms with Crippen molar-refractivity contribution in [1.29, 1.82) is 0 Å². The highest BCUT2D eigenvalue weighted by Gasteiger charge is 2.08. The van der Waals surface area contributed by atoms with Crippen molar-refractivity contribution in [1.82, 2.24) is 9.78 Å². The zero-order chi connectivity index (χ0) is 16.3. The van der Waals surface area contributed by atoms with Gasteiger partial charge in [-0.2, -0.15) is 5.10 Å². The fourth-order valence-corrected chi connectivity index (χ4v) is 3.44. The second kappa shape index (κ2) is 6.55. The Morgan fingerprint density at radius 1 is 1.22 bits per heavy atom. The summed E-state index contributed by atoms with van der Waals surface area (Å²) in [4.78, 5) is 1.39. The van der Waals surface area contributed by atoms with E-state index in [0.29, 0.717) is 18.9 Å². The monoisotopic (exact) mass is 348 g/mol. The molecule has 0 aliphatic heterocycles. The van der Waals surface area contributed by atoms with E-state index in [1.165, 1.54) is 12.3 Å². The van der Waals surface area contributed by atoms with Gasteiger partial charge in [0.05, 0.1) is 16.3 Å². The third-order valence-electron chi connectivity index (χ3n) is 3.24. The van der Waals surface area contributed by atoms with Gasteiger partial charge >= 0.3 is 0 Å². The molecule has 1 aromatic carbocycles. The van der Waals surface area contributed by atoms with E-state index >= 15 is 0 Å². The van der Waals surface area contributed by atoms with Gasteiger partial charge in [-0.1, -0.05) is 12.1 Å². The van der Waals surface area contributed by atoms with Crippen molar-refractivity contribution >= 4 is 21.2 Å². The van der Waals surface area contributed by atoms with E-state index in [1.54, 1.807) is 29.5 Å². The van der Waals surface area contributed by atoms with Gasteiger partial charge in [0.15, 0.2) is 9.84 Å². The Hall–Kier alpha value is -2.12. The molecule has 120 valence electrons. The molecule has 0 radical (unpaired) electrons. The minimum Gasteiger partial charge on any atom is -0.492 e. The van der Waals surface area contributed by atoms with Crippen LogP contribution in [0.25, 0.3) is 10.6 Å². The van der Waals surface area contributed by atoms with Crippen molar-refractivity contribution in [2.75, 3.05) is 12.9 Å². The van der Waals surface area contributed by atoms with Crippen molar-refractivity contribution in [2.24, 2.45) is 0 Å². The second-order valence-corrected chi connectivity index (χ2v) is 8.00. The van der Waals surface area contributed by atoms with Gasteiger partial charge < -0.3 is 4.74 Å². The van der Waals surface area contributed by atoms with Crippen molar-refractivity contribution in [3.63, 3.8) is 0 Å². The number of rotatable bonds is 6. The van der Waals surface area contributed by atoms with E-state index in [9.17, 15) is 8.42 Å². The zero-order valence-electron chi connectivity index (χ0n) is 12.5. The topological polar surface area (TPSA) is 61.2 Å². The predicted molar refractivity (Wildman–Crippen MR) is 90.6 cm³/mol. The van der Waals surface area contributed by atoms with Crippen LogP contribution in [0.1, 0.15) is 0 Å². The van der Waals surface area contributed by atoms with E-state index in [2.05, 4.69) is 5.10 Å². The highest BCUT2D eigenvalue weighted by Crippen LogP contribution is 2.22. The van der Waals surface area contributed by atoms with Crippen molar-refractivity contribution in [3.05, 3.63) is 54.0 Å². The van der Waals surface area contributed by atoms with E-state index in [0.717, 1.165) is 10.6 Å². The summed E-state index contributed by atoms with van der Waals surface area (Å²) in [7, 11) is -3.22. The average molecular weight is 348 g/mol. The molecule has 3 aromatic rings. The summed E-state index contributed by atoms with van der Waals surface area (Å²) in [6.45, 7) is 1.01. The van der Waals surface area contributed by atoms with Crippen LogP contribution in [0.5, 0.6) is 5.75 Å². The largest absolute Gasteiger partial charge is 0.492 e. The molecule has 0 bridgehead atoms. The first-order valence-electron chi connectivity index (χ1n) is 7.03. The van der Waals surface area contributed by atoms with Crippen LogP contribution in [0, 0.1) is 0 Å². The number of aromatic nitrogens is 2. The third-order valence-corrected chi connectivity index (χ3v) is 5.24. The molecule has 0 unspecified atom stereocenters. The smallest absolute Gasteiger partial charge is 0.175 e. The van der Waals surface area contributed by atoms with Crippen LogP contribution in [0.4, 0.5) is 0 Å². The number of hydrogen-bond acceptors (Lipinski definition) is 5. The van der Waals surface area contributed by atoms with Gasteiger partial charge in [-0.15, -0.1) is 11.3 Å². The molecular weight excluding hydrogens is 332 g/mol. The number of hydrogen-bond donors (Lipinski definition) is 0. The molecule has 7 heteroatoms. The first-order valence-corrected chi connectivity index (χ1v) is 9.80. The standard InChI is InChI=1S/C16H16N2O3S2/c1-23(19,20)14-5-2-4-13(12-14)21-10-9-18-8-7-15(17-18)16-6-3-11-22-16/h2-8,11-12H,9-10H2,1H3. The number of ether oxygens (including phenoxy) is 1. The Balaban J connectivity index is 1.60. The van der Waals surface area contributed by atoms with Crippen LogP contribution in [0.3, 0.4) is 0 Å². The third kappa shape index (κ3) is 4.00. The van der Waals surface area contributed by atoms with Crippen LogP contribution in [0.15, 0.2) is 58.9 Å². The lowest BCUT2D eigenvalue weighted by atomic mass is 10.3. The first kappa shape index (κ1) is 15.8. The fourth-order valence-electron chi connectivity index (χ4n) is 2.09. The van der Waals surface area contributed by atoms with Gasteiger partial charge in [-0.25, -0.2) is 8.42 Å². The summed E-state index contributed by atoms with van der Waals surface area (Å²) in [5.41, 5.74) is 0.944. The summed E-state index contributed by atoms with van der Waals surface area (Å²) in [6.07, 6.45) is 3.09. The van der Waals surface area contributed by atoms with E-state index in [-0.39, 0.29) is 4.90 Å². The maximum absolute atomic E-state index is 11.5. The minimum atomic E-state index is -3.22. The van der Waals surface area contributed by atoms with Gasteiger partial charge in [0, 0.05) is 12.5 Å². The molecule has 0 saturated heterocycles. The van der Waals surface area contributed by atoms with Crippen LogP contribution < -0.4 is 4.74 Å². The minimum absolute atomic E-state index is 0.258. The Kier molecular flexibility index (Phi) is 4.49. The van der Waals surface area contributed by atoms with Gasteiger partial charge in [0.1, 0.15) is 18.1 Å². The summed E-state index contributed by atoms with van der Waals surface area (Å²) in [5, 5.41) is 6.51. The first-order chi connectivity index (χ1) is 11.0. The average Bonchev–Trinajstić information content (AvgIpc) is 3.18. The SMILES string of the molecule is CS(=O)(=O)c1cccc(OCCn2ccc(-c3cccs3)n2)c1. The Morgan fingerprint density at radius 3 is 2.83 bits per heavy atom. The summed E-state index contributed by atoms with van der Waals surface area (Å²) >= 11 is 1.65.